The lowest BCUT2D eigenvalue weighted by molar-refractivity contribution is 0.378. The smallest absolute Gasteiger partial charge is 0.189 e. The van der Waals surface area contributed by atoms with Crippen LogP contribution < -0.4 is 9.47 Å². The van der Waals surface area contributed by atoms with Crippen molar-refractivity contribution < 1.29 is 9.47 Å². The zero-order valence-corrected chi connectivity index (χ0v) is 15.2. The molecule has 0 aliphatic heterocycles. The summed E-state index contributed by atoms with van der Waals surface area (Å²) < 4.78 is 13.6. The molecule has 0 aromatic heterocycles. The molecule has 0 unspecified atom stereocenters. The Bertz CT molecular complexity index is 617. The number of halogens is 4. The topological polar surface area (TPSA) is 18.5 Å². The van der Waals surface area contributed by atoms with E-state index >= 15 is 0 Å². The highest BCUT2D eigenvalue weighted by atomic mass is 79.9. The number of ether oxygens (including phenoxy) is 2. The van der Waals surface area contributed by atoms with Crippen molar-refractivity contribution in [2.75, 3.05) is 7.11 Å². The molecule has 0 amide bonds. The Balaban J connectivity index is 2.45. The van der Waals surface area contributed by atoms with E-state index in [-0.39, 0.29) is 0 Å². The fraction of sp³-hybridized carbons (Fsp3) is 0.0769. The van der Waals surface area contributed by atoms with Gasteiger partial charge in [-0.05, 0) is 62.2 Å². The number of hydrogen-bond donors (Lipinski definition) is 0. The highest BCUT2D eigenvalue weighted by Gasteiger charge is 2.15. The molecule has 6 heteroatoms. The quantitative estimate of drug-likeness (QED) is 0.514. The van der Waals surface area contributed by atoms with Crippen LogP contribution in [0.3, 0.4) is 0 Å². The van der Waals surface area contributed by atoms with Crippen molar-refractivity contribution in [2.45, 2.75) is 0 Å². The highest BCUT2D eigenvalue weighted by molar-refractivity contribution is 9.11. The average Bonchev–Trinajstić information content (AvgIpc) is 2.38. The third-order valence-corrected chi connectivity index (χ3v) is 4.72. The summed E-state index contributed by atoms with van der Waals surface area (Å²) in [7, 11) is 1.57. The van der Waals surface area contributed by atoms with Crippen LogP contribution >= 0.6 is 59.4 Å². The average molecular weight is 471 g/mol. The second-order valence-corrected chi connectivity index (χ2v) is 6.57. The van der Waals surface area contributed by atoms with Gasteiger partial charge in [0.25, 0.3) is 0 Å². The van der Waals surface area contributed by atoms with Crippen molar-refractivity contribution in [3.63, 3.8) is 0 Å². The predicted octanol–water partition coefficient (Wildman–Crippen LogP) is 6.43. The summed E-state index contributed by atoms with van der Waals surface area (Å²) in [6, 6.07) is 9.22. The summed E-state index contributed by atoms with van der Waals surface area (Å²) in [6.45, 7) is 0. The van der Waals surface area contributed by atoms with Crippen LogP contribution in [-0.2, 0) is 0 Å². The van der Waals surface area contributed by atoms with E-state index in [9.17, 15) is 0 Å². The van der Waals surface area contributed by atoms with Crippen LogP contribution in [0.15, 0.2) is 43.7 Å². The molecular formula is C13H8Br3ClO2. The molecule has 2 nitrogen and oxygen atoms in total. The molecule has 0 heterocycles. The highest BCUT2D eigenvalue weighted by Crippen LogP contribution is 2.43. The summed E-state index contributed by atoms with van der Waals surface area (Å²) in [5.41, 5.74) is 0. The van der Waals surface area contributed by atoms with E-state index in [1.807, 2.05) is 24.3 Å². The summed E-state index contributed by atoms with van der Waals surface area (Å²) >= 11 is 16.4. The molecule has 2 aromatic carbocycles. The molecule has 0 fully saturated rings. The molecule has 100 valence electrons. The van der Waals surface area contributed by atoms with Crippen molar-refractivity contribution in [1.29, 1.82) is 0 Å². The van der Waals surface area contributed by atoms with Gasteiger partial charge in [0, 0.05) is 8.95 Å². The van der Waals surface area contributed by atoms with Crippen LogP contribution in [0.4, 0.5) is 0 Å². The van der Waals surface area contributed by atoms with Gasteiger partial charge in [0.05, 0.1) is 11.6 Å². The lowest BCUT2D eigenvalue weighted by atomic mass is 10.3. The molecule has 0 radical (unpaired) electrons. The van der Waals surface area contributed by atoms with E-state index < -0.39 is 0 Å². The summed E-state index contributed by atoms with van der Waals surface area (Å²) in [5, 5.41) is 0.467. The van der Waals surface area contributed by atoms with E-state index in [0.29, 0.717) is 22.3 Å². The first kappa shape index (κ1) is 15.2. The Morgan fingerprint density at radius 3 is 2.26 bits per heavy atom. The molecule has 0 N–H and O–H groups in total. The van der Waals surface area contributed by atoms with Crippen LogP contribution in [0.1, 0.15) is 0 Å². The third-order valence-electron chi connectivity index (χ3n) is 2.34. The summed E-state index contributed by atoms with van der Waals surface area (Å²) in [6.07, 6.45) is 0. The summed E-state index contributed by atoms with van der Waals surface area (Å²) in [5.74, 6) is 1.70. The van der Waals surface area contributed by atoms with E-state index in [1.54, 1.807) is 13.2 Å². The minimum atomic E-state index is 0.467. The van der Waals surface area contributed by atoms with E-state index in [4.69, 9.17) is 21.1 Å². The van der Waals surface area contributed by atoms with E-state index in [1.165, 1.54) is 0 Å². The van der Waals surface area contributed by atoms with Gasteiger partial charge in [0.15, 0.2) is 11.5 Å². The van der Waals surface area contributed by atoms with E-state index in [2.05, 4.69) is 47.8 Å². The van der Waals surface area contributed by atoms with Crippen LogP contribution in [-0.4, -0.2) is 7.11 Å². The fourth-order valence-corrected chi connectivity index (χ4v) is 3.07. The van der Waals surface area contributed by atoms with Crippen LogP contribution in [0, 0.1) is 0 Å². The molecule has 2 rings (SSSR count). The molecule has 0 aliphatic rings. The number of methoxy groups -OCH3 is 1. The van der Waals surface area contributed by atoms with Crippen molar-refractivity contribution in [3.05, 3.63) is 48.8 Å². The molecule has 0 saturated carbocycles. The Hall–Kier alpha value is -0.230. The van der Waals surface area contributed by atoms with Crippen LogP contribution in [0.25, 0.3) is 0 Å². The van der Waals surface area contributed by atoms with Gasteiger partial charge in [-0.1, -0.05) is 27.5 Å². The van der Waals surface area contributed by atoms with Gasteiger partial charge >= 0.3 is 0 Å². The largest absolute Gasteiger partial charge is 0.493 e. The van der Waals surface area contributed by atoms with Gasteiger partial charge in [-0.15, -0.1) is 0 Å². The Kier molecular flexibility index (Phi) is 5.17. The fourth-order valence-electron chi connectivity index (χ4n) is 1.44. The standard InChI is InChI=1S/C13H8Br3ClO2/c1-18-11-5-3-8(15)12(17)13(11)19-10-4-2-7(14)6-9(10)16/h2-6H,1H3. The van der Waals surface area contributed by atoms with Crippen molar-refractivity contribution in [2.24, 2.45) is 0 Å². The maximum Gasteiger partial charge on any atom is 0.189 e. The molecule has 0 aliphatic carbocycles. The van der Waals surface area contributed by atoms with Gasteiger partial charge in [-0.25, -0.2) is 0 Å². The zero-order chi connectivity index (χ0) is 14.0. The minimum absolute atomic E-state index is 0.467. The molecule has 0 atom stereocenters. The predicted molar refractivity (Wildman–Crippen MR) is 87.6 cm³/mol. The first-order chi connectivity index (χ1) is 9.02. The SMILES string of the molecule is COc1ccc(Br)c(Cl)c1Oc1ccc(Br)cc1Br. The normalized spacial score (nSPS) is 10.4. The monoisotopic (exact) mass is 468 g/mol. The summed E-state index contributed by atoms with van der Waals surface area (Å²) in [4.78, 5) is 0. The van der Waals surface area contributed by atoms with Crippen LogP contribution in [0.5, 0.6) is 17.2 Å². The van der Waals surface area contributed by atoms with Gasteiger partial charge in [0.1, 0.15) is 10.8 Å². The van der Waals surface area contributed by atoms with E-state index in [0.717, 1.165) is 13.4 Å². The second-order valence-electron chi connectivity index (χ2n) is 3.57. The number of hydrogen-bond acceptors (Lipinski definition) is 2. The molecule has 2 aromatic rings. The Morgan fingerprint density at radius 2 is 1.63 bits per heavy atom. The van der Waals surface area contributed by atoms with Gasteiger partial charge in [-0.2, -0.15) is 0 Å². The minimum Gasteiger partial charge on any atom is -0.493 e. The van der Waals surface area contributed by atoms with Gasteiger partial charge in [-0.3, -0.25) is 0 Å². The van der Waals surface area contributed by atoms with Gasteiger partial charge in [0.2, 0.25) is 0 Å². The third kappa shape index (κ3) is 3.45. The van der Waals surface area contributed by atoms with Crippen LogP contribution in [0.2, 0.25) is 5.02 Å². The lowest BCUT2D eigenvalue weighted by Crippen LogP contribution is -1.92. The molecule has 19 heavy (non-hydrogen) atoms. The number of rotatable bonds is 3. The maximum atomic E-state index is 6.23. The first-order valence-corrected chi connectivity index (χ1v) is 7.93. The van der Waals surface area contributed by atoms with Crippen molar-refractivity contribution >= 4 is 59.4 Å². The van der Waals surface area contributed by atoms with Crippen molar-refractivity contribution in [1.82, 2.24) is 0 Å². The Labute approximate surface area is 141 Å². The first-order valence-electron chi connectivity index (χ1n) is 5.18. The van der Waals surface area contributed by atoms with Crippen molar-refractivity contribution in [3.8, 4) is 17.2 Å². The maximum absolute atomic E-state index is 6.23. The molecule has 0 bridgehead atoms. The molecule has 0 spiro atoms. The number of benzene rings is 2. The molecular weight excluding hydrogens is 463 g/mol. The zero-order valence-electron chi connectivity index (χ0n) is 9.72. The van der Waals surface area contributed by atoms with Gasteiger partial charge < -0.3 is 9.47 Å². The Morgan fingerprint density at radius 1 is 0.947 bits per heavy atom. The lowest BCUT2D eigenvalue weighted by Gasteiger charge is -2.14. The second kappa shape index (κ2) is 6.48. The molecule has 0 saturated heterocycles.